The first-order valence-electron chi connectivity index (χ1n) is 13.4. The summed E-state index contributed by atoms with van der Waals surface area (Å²) in [4.78, 5) is 22.7. The first-order chi connectivity index (χ1) is 16.1. The first kappa shape index (κ1) is 23.0. The van der Waals surface area contributed by atoms with E-state index < -0.39 is 0 Å². The zero-order chi connectivity index (χ0) is 22.8. The van der Waals surface area contributed by atoms with Crippen LogP contribution in [0.25, 0.3) is 0 Å². The van der Waals surface area contributed by atoms with Crippen LogP contribution in [0.5, 0.6) is 5.75 Å². The topological polar surface area (TPSA) is 39.3 Å². The van der Waals surface area contributed by atoms with Crippen molar-refractivity contribution in [2.24, 2.45) is 0 Å². The number of carbonyl (C=O) groups excluding carboxylic acids is 1. The Morgan fingerprint density at radius 1 is 0.788 bits per heavy atom. The van der Waals surface area contributed by atoms with Gasteiger partial charge in [0.1, 0.15) is 5.75 Å². The molecule has 1 aromatic rings. The molecule has 1 aromatic carbocycles. The van der Waals surface area contributed by atoms with Gasteiger partial charge in [0.25, 0.3) is 0 Å². The second kappa shape index (κ2) is 10.2. The van der Waals surface area contributed by atoms with E-state index in [1.54, 1.807) is 0 Å². The summed E-state index contributed by atoms with van der Waals surface area (Å²) in [6.07, 6.45) is 9.98. The quantitative estimate of drug-likeness (QED) is 0.630. The third-order valence-corrected chi connectivity index (χ3v) is 8.50. The first-order valence-corrected chi connectivity index (χ1v) is 13.4. The van der Waals surface area contributed by atoms with Gasteiger partial charge in [-0.25, -0.2) is 4.79 Å². The molecule has 2 saturated heterocycles. The molecule has 4 aliphatic rings. The molecule has 4 fully saturated rings. The van der Waals surface area contributed by atoms with E-state index in [0.29, 0.717) is 24.2 Å². The lowest BCUT2D eigenvalue weighted by Crippen LogP contribution is -2.53. The second-order valence-corrected chi connectivity index (χ2v) is 10.8. The lowest BCUT2D eigenvalue weighted by Gasteiger charge is -2.44. The lowest BCUT2D eigenvalue weighted by molar-refractivity contribution is 0.0533. The SMILES string of the molecule is CC(C)N1CCN(C2CCC(N3CCN(c4ccc(OC5CCCC5)cc4)C3=O)CC2)CC1. The van der Waals surface area contributed by atoms with Crippen molar-refractivity contribution in [1.82, 2.24) is 14.7 Å². The predicted octanol–water partition coefficient (Wildman–Crippen LogP) is 4.59. The number of nitrogens with zero attached hydrogens (tertiary/aromatic N) is 4. The summed E-state index contributed by atoms with van der Waals surface area (Å²) < 4.78 is 6.09. The minimum absolute atomic E-state index is 0.188. The molecular formula is C27H42N4O2. The Morgan fingerprint density at radius 2 is 1.42 bits per heavy atom. The number of ether oxygens (including phenoxy) is 1. The van der Waals surface area contributed by atoms with Crippen LogP contribution in [0.4, 0.5) is 10.5 Å². The summed E-state index contributed by atoms with van der Waals surface area (Å²) in [5, 5.41) is 0. The molecule has 2 aliphatic carbocycles. The zero-order valence-corrected chi connectivity index (χ0v) is 20.6. The molecule has 0 radical (unpaired) electrons. The number of carbonyl (C=O) groups is 1. The van der Waals surface area contributed by atoms with E-state index in [2.05, 4.69) is 40.7 Å². The Kier molecular flexibility index (Phi) is 7.12. The molecule has 5 rings (SSSR count). The zero-order valence-electron chi connectivity index (χ0n) is 20.6. The van der Waals surface area contributed by atoms with Crippen LogP contribution in [-0.4, -0.2) is 84.2 Å². The van der Waals surface area contributed by atoms with Gasteiger partial charge in [0.2, 0.25) is 0 Å². The van der Waals surface area contributed by atoms with Crippen LogP contribution >= 0.6 is 0 Å². The van der Waals surface area contributed by atoms with Crippen LogP contribution in [0.3, 0.4) is 0 Å². The minimum atomic E-state index is 0.188. The number of rotatable bonds is 6. The van der Waals surface area contributed by atoms with Crippen LogP contribution in [0, 0.1) is 0 Å². The Balaban J connectivity index is 1.11. The summed E-state index contributed by atoms with van der Waals surface area (Å²) in [5.41, 5.74) is 0.998. The molecule has 6 nitrogen and oxygen atoms in total. The summed E-state index contributed by atoms with van der Waals surface area (Å²) in [7, 11) is 0. The van der Waals surface area contributed by atoms with Crippen LogP contribution in [-0.2, 0) is 0 Å². The molecule has 2 amide bonds. The van der Waals surface area contributed by atoms with Gasteiger partial charge >= 0.3 is 6.03 Å². The highest BCUT2D eigenvalue weighted by atomic mass is 16.5. The van der Waals surface area contributed by atoms with Crippen LogP contribution in [0.2, 0.25) is 0 Å². The standard InChI is InChI=1S/C27H42N4O2/c1-21(2)28-15-17-29(18-16-28)22-7-9-23(10-8-22)30-19-20-31(27(30)32)24-11-13-26(14-12-24)33-25-5-3-4-6-25/h11-14,21-23,25H,3-10,15-20H2,1-2H3. The maximum atomic E-state index is 13.3. The van der Waals surface area contributed by atoms with Gasteiger partial charge in [-0.05, 0) is 89.5 Å². The molecule has 33 heavy (non-hydrogen) atoms. The number of benzene rings is 1. The minimum Gasteiger partial charge on any atom is -0.490 e. The normalized spacial score (nSPS) is 28.3. The van der Waals surface area contributed by atoms with Crippen molar-refractivity contribution in [3.05, 3.63) is 24.3 Å². The van der Waals surface area contributed by atoms with Crippen molar-refractivity contribution < 1.29 is 9.53 Å². The average Bonchev–Trinajstić information content (AvgIpc) is 3.49. The highest BCUT2D eigenvalue weighted by molar-refractivity contribution is 5.94. The average molecular weight is 455 g/mol. The van der Waals surface area contributed by atoms with Crippen LogP contribution in [0.1, 0.15) is 65.2 Å². The number of anilines is 1. The number of piperazine rings is 1. The Bertz CT molecular complexity index is 776. The molecule has 0 unspecified atom stereocenters. The molecule has 182 valence electrons. The van der Waals surface area contributed by atoms with Gasteiger partial charge < -0.3 is 9.64 Å². The van der Waals surface area contributed by atoms with Gasteiger partial charge in [-0.15, -0.1) is 0 Å². The summed E-state index contributed by atoms with van der Waals surface area (Å²) in [6, 6.07) is 10.1. The number of hydrogen-bond donors (Lipinski definition) is 0. The van der Waals surface area contributed by atoms with E-state index >= 15 is 0 Å². The highest BCUT2D eigenvalue weighted by Crippen LogP contribution is 2.32. The van der Waals surface area contributed by atoms with Gasteiger partial charge in [0.15, 0.2) is 0 Å². The van der Waals surface area contributed by atoms with E-state index in [4.69, 9.17) is 4.74 Å². The van der Waals surface area contributed by atoms with E-state index in [0.717, 1.165) is 50.2 Å². The fourth-order valence-electron chi connectivity index (χ4n) is 6.39. The third kappa shape index (κ3) is 5.17. The maximum Gasteiger partial charge on any atom is 0.324 e. The fraction of sp³-hybridized carbons (Fsp3) is 0.741. The van der Waals surface area contributed by atoms with Crippen molar-refractivity contribution in [2.45, 2.75) is 89.4 Å². The Hall–Kier alpha value is -1.79. The molecule has 0 aromatic heterocycles. The molecule has 0 atom stereocenters. The molecule has 0 N–H and O–H groups in total. The van der Waals surface area contributed by atoms with Crippen molar-refractivity contribution in [3.63, 3.8) is 0 Å². The van der Waals surface area contributed by atoms with E-state index in [9.17, 15) is 4.79 Å². The highest BCUT2D eigenvalue weighted by Gasteiger charge is 2.37. The van der Waals surface area contributed by atoms with Gasteiger partial charge in [-0.1, -0.05) is 0 Å². The van der Waals surface area contributed by atoms with Crippen molar-refractivity contribution in [2.75, 3.05) is 44.2 Å². The van der Waals surface area contributed by atoms with Gasteiger partial charge in [-0.3, -0.25) is 14.7 Å². The summed E-state index contributed by atoms with van der Waals surface area (Å²) in [5.74, 6) is 0.932. The second-order valence-electron chi connectivity index (χ2n) is 10.8. The van der Waals surface area contributed by atoms with Gasteiger partial charge in [0, 0.05) is 63.1 Å². The molecule has 6 heteroatoms. The van der Waals surface area contributed by atoms with Crippen molar-refractivity contribution in [1.29, 1.82) is 0 Å². The van der Waals surface area contributed by atoms with Crippen LogP contribution in [0.15, 0.2) is 24.3 Å². The fourth-order valence-corrected chi connectivity index (χ4v) is 6.39. The molecule has 0 bridgehead atoms. The van der Waals surface area contributed by atoms with Crippen molar-refractivity contribution in [3.8, 4) is 5.75 Å². The lowest BCUT2D eigenvalue weighted by atomic mass is 9.89. The Morgan fingerprint density at radius 3 is 2.06 bits per heavy atom. The van der Waals surface area contributed by atoms with E-state index in [1.807, 2.05) is 17.0 Å². The largest absolute Gasteiger partial charge is 0.490 e. The molecule has 2 saturated carbocycles. The van der Waals surface area contributed by atoms with Crippen molar-refractivity contribution >= 4 is 11.7 Å². The van der Waals surface area contributed by atoms with Gasteiger partial charge in [0.05, 0.1) is 6.10 Å². The smallest absolute Gasteiger partial charge is 0.324 e. The monoisotopic (exact) mass is 454 g/mol. The van der Waals surface area contributed by atoms with E-state index in [-0.39, 0.29) is 6.03 Å². The van der Waals surface area contributed by atoms with Crippen LogP contribution < -0.4 is 9.64 Å². The summed E-state index contributed by atoms with van der Waals surface area (Å²) >= 11 is 0. The molecular weight excluding hydrogens is 412 g/mol. The van der Waals surface area contributed by atoms with E-state index in [1.165, 1.54) is 51.9 Å². The molecule has 0 spiro atoms. The number of amides is 2. The third-order valence-electron chi connectivity index (χ3n) is 8.50. The summed E-state index contributed by atoms with van der Waals surface area (Å²) in [6.45, 7) is 11.0. The molecule has 2 aliphatic heterocycles. The number of urea groups is 1. The number of hydrogen-bond acceptors (Lipinski definition) is 4. The predicted molar refractivity (Wildman–Crippen MR) is 133 cm³/mol. The van der Waals surface area contributed by atoms with Gasteiger partial charge in [-0.2, -0.15) is 0 Å². The Labute approximate surface area is 199 Å². The maximum absolute atomic E-state index is 13.3. The molecule has 2 heterocycles.